The fourth-order valence-electron chi connectivity index (χ4n) is 4.86. The van der Waals surface area contributed by atoms with Crippen molar-refractivity contribution in [1.29, 1.82) is 5.26 Å². The number of nitriles is 1. The number of aryl methyl sites for hydroxylation is 1. The van der Waals surface area contributed by atoms with Crippen molar-refractivity contribution in [3.63, 3.8) is 0 Å². The zero-order valence-electron chi connectivity index (χ0n) is 17.8. The molecule has 1 aliphatic rings. The molecule has 1 unspecified atom stereocenters. The van der Waals surface area contributed by atoms with E-state index >= 15 is 0 Å². The average Bonchev–Trinajstić information content (AvgIpc) is 2.78. The SMILES string of the molecule is Cc1cccc2cccc(-c3cc4ncnc([N+]5(C)CCN[C@@H](CC#N)C5)c4cn3)c12. The van der Waals surface area contributed by atoms with Crippen molar-refractivity contribution in [2.75, 3.05) is 26.7 Å². The minimum Gasteiger partial charge on any atom is -0.303 e. The molecule has 1 N–H and O–H groups in total. The Bertz CT molecular complexity index is 1320. The molecular weight excluding hydrogens is 384 g/mol. The molecule has 154 valence electrons. The van der Waals surface area contributed by atoms with Crippen LogP contribution in [0.4, 0.5) is 5.82 Å². The summed E-state index contributed by atoms with van der Waals surface area (Å²) in [5.74, 6) is 0.975. The zero-order chi connectivity index (χ0) is 21.4. The number of benzene rings is 2. The molecule has 2 aromatic heterocycles. The number of aromatic nitrogens is 3. The lowest BCUT2D eigenvalue weighted by Gasteiger charge is -2.40. The minimum atomic E-state index is 0.166. The van der Waals surface area contributed by atoms with Gasteiger partial charge in [0.05, 0.1) is 43.3 Å². The van der Waals surface area contributed by atoms with Gasteiger partial charge in [-0.3, -0.25) is 9.47 Å². The fourth-order valence-corrected chi connectivity index (χ4v) is 4.86. The Labute approximate surface area is 181 Å². The predicted molar refractivity (Wildman–Crippen MR) is 124 cm³/mol. The Balaban J connectivity index is 1.62. The van der Waals surface area contributed by atoms with E-state index in [1.54, 1.807) is 6.33 Å². The average molecular weight is 410 g/mol. The quantitative estimate of drug-likeness (QED) is 0.518. The highest BCUT2D eigenvalue weighted by atomic mass is 15.4. The molecule has 5 rings (SSSR count). The van der Waals surface area contributed by atoms with Crippen LogP contribution >= 0.6 is 0 Å². The van der Waals surface area contributed by atoms with Crippen molar-refractivity contribution < 1.29 is 0 Å². The van der Waals surface area contributed by atoms with Crippen LogP contribution in [0.3, 0.4) is 0 Å². The maximum atomic E-state index is 9.13. The first-order chi connectivity index (χ1) is 15.1. The maximum Gasteiger partial charge on any atom is 0.240 e. The van der Waals surface area contributed by atoms with Gasteiger partial charge < -0.3 is 5.32 Å². The molecule has 0 saturated carbocycles. The van der Waals surface area contributed by atoms with Gasteiger partial charge in [-0.25, -0.2) is 4.98 Å². The molecule has 0 radical (unpaired) electrons. The van der Waals surface area contributed by atoms with Crippen LogP contribution in [0.5, 0.6) is 0 Å². The van der Waals surface area contributed by atoms with E-state index in [-0.39, 0.29) is 6.04 Å². The number of likely N-dealkylation sites (N-methyl/N-ethyl adjacent to an activating group) is 1. The monoisotopic (exact) mass is 409 g/mol. The molecule has 1 saturated heterocycles. The third kappa shape index (κ3) is 3.42. The van der Waals surface area contributed by atoms with Crippen molar-refractivity contribution in [1.82, 2.24) is 24.8 Å². The Morgan fingerprint density at radius 2 is 2.00 bits per heavy atom. The molecule has 6 heteroatoms. The zero-order valence-corrected chi connectivity index (χ0v) is 17.8. The molecule has 0 bridgehead atoms. The Morgan fingerprint density at radius 1 is 1.16 bits per heavy atom. The van der Waals surface area contributed by atoms with Crippen molar-refractivity contribution in [2.24, 2.45) is 0 Å². The van der Waals surface area contributed by atoms with E-state index < -0.39 is 0 Å². The number of nitrogens with zero attached hydrogens (tertiary/aromatic N) is 5. The van der Waals surface area contributed by atoms with E-state index in [1.165, 1.54) is 16.3 Å². The second-order valence-electron chi connectivity index (χ2n) is 8.58. The number of piperazine rings is 1. The number of rotatable bonds is 3. The number of hydrogen-bond donors (Lipinski definition) is 1. The van der Waals surface area contributed by atoms with Crippen molar-refractivity contribution in [2.45, 2.75) is 19.4 Å². The van der Waals surface area contributed by atoms with E-state index in [4.69, 9.17) is 10.2 Å². The standard InChI is InChI=1S/C25H25N6/c1-17-5-3-6-18-7-4-8-20(24(17)18)22-13-23-21(14-28-22)25(30-16-29-23)31(2)12-11-27-19(15-31)9-10-26/h3-8,13-14,16,19,27H,9,11-12,15H2,1-2H3/q+1/t19-,31?/m0/s1. The first-order valence-corrected chi connectivity index (χ1v) is 10.6. The molecule has 4 aromatic rings. The Hall–Kier alpha value is -3.40. The van der Waals surface area contributed by atoms with Crippen LogP contribution in [0.15, 0.2) is 55.0 Å². The molecule has 2 aromatic carbocycles. The number of pyridine rings is 1. The van der Waals surface area contributed by atoms with Gasteiger partial charge >= 0.3 is 0 Å². The second kappa shape index (κ2) is 7.69. The molecule has 31 heavy (non-hydrogen) atoms. The first-order valence-electron chi connectivity index (χ1n) is 10.6. The highest BCUT2D eigenvalue weighted by molar-refractivity contribution is 6.00. The maximum absolute atomic E-state index is 9.13. The summed E-state index contributed by atoms with van der Waals surface area (Å²) < 4.78 is 0.673. The van der Waals surface area contributed by atoms with E-state index in [2.05, 4.69) is 77.8 Å². The van der Waals surface area contributed by atoms with Crippen LogP contribution in [-0.2, 0) is 0 Å². The summed E-state index contributed by atoms with van der Waals surface area (Å²) in [4.78, 5) is 14.1. The first kappa shape index (κ1) is 19.6. The van der Waals surface area contributed by atoms with Crippen LogP contribution < -0.4 is 9.80 Å². The van der Waals surface area contributed by atoms with Crippen LogP contribution in [0.2, 0.25) is 0 Å². The summed E-state index contributed by atoms with van der Waals surface area (Å²) in [5, 5.41) is 16.0. The minimum absolute atomic E-state index is 0.166. The summed E-state index contributed by atoms with van der Waals surface area (Å²) in [6, 6.07) is 17.2. The van der Waals surface area contributed by atoms with Crippen LogP contribution in [0.1, 0.15) is 12.0 Å². The highest BCUT2D eigenvalue weighted by Crippen LogP contribution is 2.33. The molecule has 0 spiro atoms. The predicted octanol–water partition coefficient (Wildman–Crippen LogP) is 3.98. The Kier molecular flexibility index (Phi) is 4.85. The van der Waals surface area contributed by atoms with Gasteiger partial charge in [-0.05, 0) is 29.3 Å². The number of nitrogens with one attached hydrogen (secondary N) is 1. The van der Waals surface area contributed by atoms with Gasteiger partial charge in [-0.2, -0.15) is 10.2 Å². The molecule has 3 heterocycles. The number of hydrogen-bond acceptors (Lipinski definition) is 5. The summed E-state index contributed by atoms with van der Waals surface area (Å²) in [6.45, 7) is 4.73. The third-order valence-corrected chi connectivity index (χ3v) is 6.40. The molecular formula is C25H25N6+. The van der Waals surface area contributed by atoms with Gasteiger partial charge in [-0.15, -0.1) is 0 Å². The van der Waals surface area contributed by atoms with Gasteiger partial charge in [0.2, 0.25) is 5.82 Å². The molecule has 2 atom stereocenters. The normalized spacial score (nSPS) is 21.3. The summed E-state index contributed by atoms with van der Waals surface area (Å²) in [5.41, 5.74) is 4.17. The van der Waals surface area contributed by atoms with E-state index in [0.717, 1.165) is 47.6 Å². The van der Waals surface area contributed by atoms with Crippen LogP contribution in [-0.4, -0.2) is 47.7 Å². The van der Waals surface area contributed by atoms with Crippen LogP contribution in [0, 0.1) is 18.3 Å². The molecule has 0 aliphatic carbocycles. The molecule has 1 aliphatic heterocycles. The van der Waals surface area contributed by atoms with Crippen molar-refractivity contribution in [3.05, 3.63) is 60.6 Å². The summed E-state index contributed by atoms with van der Waals surface area (Å²) in [6.07, 6.45) is 4.07. The molecule has 0 amide bonds. The smallest absolute Gasteiger partial charge is 0.240 e. The van der Waals surface area contributed by atoms with E-state index in [9.17, 15) is 0 Å². The van der Waals surface area contributed by atoms with Gasteiger partial charge in [0.15, 0.2) is 0 Å². The van der Waals surface area contributed by atoms with Gasteiger partial charge in [0, 0.05) is 18.3 Å². The topological polar surface area (TPSA) is 74.5 Å². The number of quaternary nitrogens is 1. The molecule has 1 fully saturated rings. The van der Waals surface area contributed by atoms with Crippen molar-refractivity contribution >= 4 is 27.5 Å². The highest BCUT2D eigenvalue weighted by Gasteiger charge is 2.35. The number of fused-ring (bicyclic) bond motifs is 2. The Morgan fingerprint density at radius 3 is 2.84 bits per heavy atom. The lowest BCUT2D eigenvalue weighted by Crippen LogP contribution is -2.61. The lowest BCUT2D eigenvalue weighted by atomic mass is 9.97. The van der Waals surface area contributed by atoms with E-state index in [0.29, 0.717) is 10.9 Å². The van der Waals surface area contributed by atoms with Crippen LogP contribution in [0.25, 0.3) is 32.9 Å². The largest absolute Gasteiger partial charge is 0.303 e. The fraction of sp³-hybridized carbons (Fsp3) is 0.280. The van der Waals surface area contributed by atoms with Gasteiger partial charge in [-0.1, -0.05) is 36.4 Å². The van der Waals surface area contributed by atoms with E-state index in [1.807, 2.05) is 6.20 Å². The van der Waals surface area contributed by atoms with Gasteiger partial charge in [0.1, 0.15) is 18.3 Å². The van der Waals surface area contributed by atoms with Crippen molar-refractivity contribution in [3.8, 4) is 17.3 Å². The molecule has 6 nitrogen and oxygen atoms in total. The third-order valence-electron chi connectivity index (χ3n) is 6.40. The summed E-state index contributed by atoms with van der Waals surface area (Å²) >= 11 is 0. The lowest BCUT2D eigenvalue weighted by molar-refractivity contribution is 0.236. The summed E-state index contributed by atoms with van der Waals surface area (Å²) in [7, 11) is 2.19. The second-order valence-corrected chi connectivity index (χ2v) is 8.58. The van der Waals surface area contributed by atoms with Gasteiger partial charge in [0.25, 0.3) is 0 Å².